The number of benzene rings is 1. The normalized spacial score (nSPS) is 19.6. The van der Waals surface area contributed by atoms with E-state index in [4.69, 9.17) is 9.47 Å². The average Bonchev–Trinajstić information content (AvgIpc) is 2.52. The van der Waals surface area contributed by atoms with Crippen LogP contribution in [0.15, 0.2) is 18.2 Å². The van der Waals surface area contributed by atoms with E-state index in [0.717, 1.165) is 45.0 Å². The van der Waals surface area contributed by atoms with E-state index in [1.807, 2.05) is 0 Å². The quantitative estimate of drug-likeness (QED) is 0.838. The van der Waals surface area contributed by atoms with E-state index < -0.39 is 0 Å². The maximum absolute atomic E-state index is 5.87. The molecular formula is C17H25NO2. The van der Waals surface area contributed by atoms with E-state index in [1.165, 1.54) is 36.8 Å². The van der Waals surface area contributed by atoms with Crippen molar-refractivity contribution in [3.63, 3.8) is 0 Å². The first-order valence-corrected chi connectivity index (χ1v) is 7.97. The van der Waals surface area contributed by atoms with Crippen LogP contribution in [0.3, 0.4) is 0 Å². The first-order valence-electron chi connectivity index (χ1n) is 7.97. The Balaban J connectivity index is 1.41. The molecule has 0 atom stereocenters. The molecule has 1 N–H and O–H groups in total. The minimum Gasteiger partial charge on any atom is -0.492 e. The summed E-state index contributed by atoms with van der Waals surface area (Å²) in [5, 5.41) is 3.55. The maximum atomic E-state index is 5.87. The highest BCUT2D eigenvalue weighted by molar-refractivity contribution is 5.37. The van der Waals surface area contributed by atoms with Crippen molar-refractivity contribution >= 4 is 0 Å². The lowest BCUT2D eigenvalue weighted by Crippen LogP contribution is -2.37. The van der Waals surface area contributed by atoms with Gasteiger partial charge in [0.15, 0.2) is 0 Å². The van der Waals surface area contributed by atoms with Gasteiger partial charge in [0.05, 0.1) is 0 Å². The summed E-state index contributed by atoms with van der Waals surface area (Å²) in [6.07, 6.45) is 7.36. The number of aryl methyl sites for hydroxylation is 2. The van der Waals surface area contributed by atoms with Crippen LogP contribution < -0.4 is 10.1 Å². The molecule has 0 spiro atoms. The van der Waals surface area contributed by atoms with Gasteiger partial charge in [-0.3, -0.25) is 0 Å². The minimum atomic E-state index is 0.607. The number of nitrogens with one attached hydrogen (secondary N) is 1. The molecule has 1 saturated heterocycles. The van der Waals surface area contributed by atoms with Gasteiger partial charge in [-0.2, -0.15) is 0 Å². The molecule has 1 aromatic carbocycles. The Morgan fingerprint density at radius 3 is 2.75 bits per heavy atom. The Morgan fingerprint density at radius 2 is 1.90 bits per heavy atom. The van der Waals surface area contributed by atoms with Crippen LogP contribution in [0.5, 0.6) is 5.75 Å². The van der Waals surface area contributed by atoms with Crippen LogP contribution in [0.4, 0.5) is 0 Å². The number of rotatable bonds is 5. The average molecular weight is 275 g/mol. The fourth-order valence-electron chi connectivity index (χ4n) is 3.13. The van der Waals surface area contributed by atoms with E-state index in [0.29, 0.717) is 6.04 Å². The lowest BCUT2D eigenvalue weighted by Gasteiger charge is -2.23. The molecule has 0 aromatic heterocycles. The van der Waals surface area contributed by atoms with Crippen molar-refractivity contribution in [3.05, 3.63) is 29.3 Å². The second-order valence-electron chi connectivity index (χ2n) is 5.83. The number of hydrogen-bond donors (Lipinski definition) is 1. The van der Waals surface area contributed by atoms with Gasteiger partial charge in [0.1, 0.15) is 12.4 Å². The summed E-state index contributed by atoms with van der Waals surface area (Å²) in [6, 6.07) is 7.22. The molecule has 1 heterocycles. The Kier molecular flexibility index (Phi) is 4.93. The molecule has 3 heteroatoms. The van der Waals surface area contributed by atoms with Crippen LogP contribution in [-0.2, 0) is 17.6 Å². The van der Waals surface area contributed by atoms with E-state index in [-0.39, 0.29) is 0 Å². The molecule has 2 aliphatic rings. The molecule has 0 bridgehead atoms. The summed E-state index contributed by atoms with van der Waals surface area (Å²) >= 11 is 0. The summed E-state index contributed by atoms with van der Waals surface area (Å²) in [4.78, 5) is 0. The molecule has 110 valence electrons. The largest absolute Gasteiger partial charge is 0.492 e. The highest BCUT2D eigenvalue weighted by Crippen LogP contribution is 2.25. The van der Waals surface area contributed by atoms with Crippen LogP contribution in [0.25, 0.3) is 0 Å². The lowest BCUT2D eigenvalue weighted by atomic mass is 9.92. The van der Waals surface area contributed by atoms with E-state index >= 15 is 0 Å². The fourth-order valence-corrected chi connectivity index (χ4v) is 3.13. The zero-order valence-electron chi connectivity index (χ0n) is 12.2. The zero-order chi connectivity index (χ0) is 13.6. The van der Waals surface area contributed by atoms with Gasteiger partial charge in [0, 0.05) is 25.8 Å². The van der Waals surface area contributed by atoms with Crippen molar-refractivity contribution < 1.29 is 9.47 Å². The summed E-state index contributed by atoms with van der Waals surface area (Å²) in [6.45, 7) is 3.45. The Hall–Kier alpha value is -1.06. The highest BCUT2D eigenvalue weighted by atomic mass is 16.5. The predicted molar refractivity (Wildman–Crippen MR) is 80.4 cm³/mol. The summed E-state index contributed by atoms with van der Waals surface area (Å²) in [5.74, 6) is 1.03. The van der Waals surface area contributed by atoms with Gasteiger partial charge < -0.3 is 14.8 Å². The van der Waals surface area contributed by atoms with Crippen molar-refractivity contribution in [1.82, 2.24) is 5.32 Å². The molecule has 20 heavy (non-hydrogen) atoms. The first kappa shape index (κ1) is 13.9. The number of hydrogen-bond acceptors (Lipinski definition) is 3. The smallest absolute Gasteiger partial charge is 0.119 e. The Labute approximate surface area is 121 Å². The molecule has 1 aliphatic heterocycles. The monoisotopic (exact) mass is 275 g/mol. The van der Waals surface area contributed by atoms with Gasteiger partial charge in [-0.15, -0.1) is 0 Å². The van der Waals surface area contributed by atoms with Crippen molar-refractivity contribution in [2.24, 2.45) is 0 Å². The Morgan fingerprint density at radius 1 is 1.10 bits per heavy atom. The van der Waals surface area contributed by atoms with E-state index in [1.54, 1.807) is 0 Å². The van der Waals surface area contributed by atoms with Gasteiger partial charge in [0.2, 0.25) is 0 Å². The molecular weight excluding hydrogens is 250 g/mol. The molecule has 1 aromatic rings. The summed E-state index contributed by atoms with van der Waals surface area (Å²) in [5.41, 5.74) is 3.01. The zero-order valence-corrected chi connectivity index (χ0v) is 12.2. The van der Waals surface area contributed by atoms with E-state index in [2.05, 4.69) is 23.5 Å². The van der Waals surface area contributed by atoms with Crippen molar-refractivity contribution in [2.45, 2.75) is 44.6 Å². The maximum Gasteiger partial charge on any atom is 0.119 e. The van der Waals surface area contributed by atoms with E-state index in [9.17, 15) is 0 Å². The fraction of sp³-hybridized carbons (Fsp3) is 0.647. The highest BCUT2D eigenvalue weighted by Gasteiger charge is 2.13. The van der Waals surface area contributed by atoms with Crippen molar-refractivity contribution in [2.75, 3.05) is 26.4 Å². The van der Waals surface area contributed by atoms with Gasteiger partial charge in [-0.25, -0.2) is 0 Å². The Bertz CT molecular complexity index is 427. The lowest BCUT2D eigenvalue weighted by molar-refractivity contribution is 0.0770. The molecule has 3 nitrogen and oxygen atoms in total. The standard InChI is InChI=1S/C17H25NO2/c1-2-4-15-13-17(6-5-14(15)3-1)20-12-9-18-16-7-10-19-11-8-16/h5-6,13,16,18H,1-4,7-12H2. The number of ether oxygens (including phenoxy) is 2. The molecule has 0 radical (unpaired) electrons. The molecule has 0 saturated carbocycles. The van der Waals surface area contributed by atoms with Crippen LogP contribution in [0.1, 0.15) is 36.8 Å². The van der Waals surface area contributed by atoms with Crippen LogP contribution in [0, 0.1) is 0 Å². The third-order valence-corrected chi connectivity index (χ3v) is 4.35. The topological polar surface area (TPSA) is 30.5 Å². The van der Waals surface area contributed by atoms with Crippen molar-refractivity contribution in [1.29, 1.82) is 0 Å². The van der Waals surface area contributed by atoms with Gasteiger partial charge in [0.25, 0.3) is 0 Å². The van der Waals surface area contributed by atoms with Gasteiger partial charge in [-0.05, 0) is 61.8 Å². The van der Waals surface area contributed by atoms with Crippen LogP contribution in [-0.4, -0.2) is 32.4 Å². The predicted octanol–water partition coefficient (Wildman–Crippen LogP) is 2.71. The van der Waals surface area contributed by atoms with Crippen LogP contribution >= 0.6 is 0 Å². The molecule has 1 aliphatic carbocycles. The third-order valence-electron chi connectivity index (χ3n) is 4.35. The third kappa shape index (κ3) is 3.74. The SMILES string of the molecule is c1cc2c(cc1OCCNC1CCOCC1)CCCC2. The van der Waals surface area contributed by atoms with Crippen LogP contribution in [0.2, 0.25) is 0 Å². The first-order chi connectivity index (χ1) is 9.92. The van der Waals surface area contributed by atoms with Gasteiger partial charge >= 0.3 is 0 Å². The second kappa shape index (κ2) is 7.09. The van der Waals surface area contributed by atoms with Gasteiger partial charge in [-0.1, -0.05) is 6.07 Å². The molecule has 0 amide bonds. The minimum absolute atomic E-state index is 0.607. The summed E-state index contributed by atoms with van der Waals surface area (Å²) in [7, 11) is 0. The molecule has 3 rings (SSSR count). The summed E-state index contributed by atoms with van der Waals surface area (Å²) < 4.78 is 11.2. The molecule has 0 unspecified atom stereocenters. The number of fused-ring (bicyclic) bond motifs is 1. The molecule has 1 fully saturated rings. The van der Waals surface area contributed by atoms with Crippen molar-refractivity contribution in [3.8, 4) is 5.75 Å². The second-order valence-corrected chi connectivity index (χ2v) is 5.83.